The highest BCUT2D eigenvalue weighted by atomic mass is 19.1. The maximum absolute atomic E-state index is 15.0. The van der Waals surface area contributed by atoms with Gasteiger partial charge in [-0.05, 0) is 49.9 Å². The van der Waals surface area contributed by atoms with E-state index in [-0.39, 0.29) is 75.6 Å². The van der Waals surface area contributed by atoms with Crippen LogP contribution in [0.25, 0.3) is 44.6 Å². The van der Waals surface area contributed by atoms with Crippen molar-refractivity contribution in [3.8, 4) is 22.5 Å². The molecule has 1 amide bonds. The van der Waals surface area contributed by atoms with Crippen LogP contribution < -0.4 is 22.2 Å². The van der Waals surface area contributed by atoms with Crippen LogP contribution >= 0.6 is 0 Å². The zero-order valence-electron chi connectivity index (χ0n) is 39.7. The van der Waals surface area contributed by atoms with E-state index in [4.69, 9.17) is 10.8 Å². The normalized spacial score (nSPS) is 17.9. The lowest BCUT2D eigenvalue weighted by molar-refractivity contribution is 0.0696. The summed E-state index contributed by atoms with van der Waals surface area (Å²) in [5.74, 6) is -2.60. The largest absolute Gasteiger partial charge is 0.478 e. The summed E-state index contributed by atoms with van der Waals surface area (Å²) < 4.78 is 38.5. The second-order valence-corrected chi connectivity index (χ2v) is 18.2. The number of aromatic carboxylic acids is 1. The molecule has 2 aliphatic carbocycles. The first kappa shape index (κ1) is 49.8. The average molecular weight is 975 g/mol. The molecule has 372 valence electrons. The summed E-state index contributed by atoms with van der Waals surface area (Å²) in [6.07, 6.45) is 15.6. The van der Waals surface area contributed by atoms with Gasteiger partial charge in [-0.25, -0.2) is 23.5 Å². The fraction of sp³-hybridized carbons (Fsp3) is 0.360. The number of aliphatic hydroxyl groups is 2. The summed E-state index contributed by atoms with van der Waals surface area (Å²) in [6.45, 7) is -0.158. The number of aryl methyl sites for hydroxylation is 4. The second-order valence-electron chi connectivity index (χ2n) is 18.2. The van der Waals surface area contributed by atoms with Crippen molar-refractivity contribution >= 4 is 33.9 Å². The number of pyridine rings is 2. The van der Waals surface area contributed by atoms with Crippen molar-refractivity contribution in [3.63, 3.8) is 0 Å². The molecular weight excluding hydrogens is 919 g/mol. The highest BCUT2D eigenvalue weighted by Crippen LogP contribution is 2.25. The molecule has 0 spiro atoms. The fourth-order valence-electron chi connectivity index (χ4n) is 8.98. The number of nitrogens with zero attached hydrogens (tertiary/aromatic N) is 10. The van der Waals surface area contributed by atoms with Crippen LogP contribution in [-0.4, -0.2) is 99.3 Å². The molecule has 21 heteroatoms. The molecule has 71 heavy (non-hydrogen) atoms. The summed E-state index contributed by atoms with van der Waals surface area (Å²) in [4.78, 5) is 59.0. The third-order valence-corrected chi connectivity index (χ3v) is 13.0. The number of hydrogen-bond donors (Lipinski definition) is 5. The van der Waals surface area contributed by atoms with Gasteiger partial charge in [0.05, 0.1) is 60.9 Å². The van der Waals surface area contributed by atoms with Gasteiger partial charge >= 0.3 is 5.97 Å². The Morgan fingerprint density at radius 3 is 1.56 bits per heavy atom. The number of imidazole rings is 2. The van der Waals surface area contributed by atoms with Crippen LogP contribution in [-0.2, 0) is 41.3 Å². The number of rotatable bonds is 9. The van der Waals surface area contributed by atoms with Gasteiger partial charge in [-0.2, -0.15) is 10.2 Å². The van der Waals surface area contributed by atoms with Gasteiger partial charge in [0.2, 0.25) is 0 Å². The number of nitrogens with two attached hydrogens (primary N) is 1. The molecule has 10 rings (SSSR count). The Balaban J connectivity index is 0.000000167. The Hall–Kier alpha value is -7.62. The van der Waals surface area contributed by atoms with E-state index in [1.165, 1.54) is 57.3 Å². The number of fused-ring (bicyclic) bond motifs is 2. The molecule has 0 saturated heterocycles. The molecule has 6 heterocycles. The summed E-state index contributed by atoms with van der Waals surface area (Å²) in [5, 5.41) is 40.2. The first-order valence-electron chi connectivity index (χ1n) is 23.3. The van der Waals surface area contributed by atoms with E-state index in [1.807, 2.05) is 0 Å². The Morgan fingerprint density at radius 2 is 1.14 bits per heavy atom. The molecule has 19 nitrogen and oxygen atoms in total. The molecular formula is C50H56F2N12O7. The number of carboxylic acid groups (broad SMARTS) is 1. The number of halogens is 2. The van der Waals surface area contributed by atoms with Gasteiger partial charge < -0.3 is 44.6 Å². The van der Waals surface area contributed by atoms with Crippen LogP contribution in [0.5, 0.6) is 0 Å². The van der Waals surface area contributed by atoms with Crippen molar-refractivity contribution in [1.82, 2.24) is 53.1 Å². The van der Waals surface area contributed by atoms with Gasteiger partial charge in [0.25, 0.3) is 17.0 Å². The van der Waals surface area contributed by atoms with Gasteiger partial charge in [-0.3, -0.25) is 23.7 Å². The Morgan fingerprint density at radius 1 is 0.676 bits per heavy atom. The summed E-state index contributed by atoms with van der Waals surface area (Å²) in [6, 6.07) is 12.7. The van der Waals surface area contributed by atoms with Gasteiger partial charge in [0, 0.05) is 81.3 Å². The van der Waals surface area contributed by atoms with Gasteiger partial charge in [0.1, 0.15) is 39.3 Å². The summed E-state index contributed by atoms with van der Waals surface area (Å²) in [7, 11) is 6.85. The molecule has 0 aliphatic heterocycles. The van der Waals surface area contributed by atoms with Crippen LogP contribution in [0.4, 0.5) is 8.78 Å². The highest BCUT2D eigenvalue weighted by Gasteiger charge is 2.27. The minimum atomic E-state index is -1.21. The lowest BCUT2D eigenvalue weighted by atomic mass is 9.92. The van der Waals surface area contributed by atoms with E-state index >= 15 is 4.39 Å². The maximum Gasteiger partial charge on any atom is 0.339 e. The molecule has 0 unspecified atom stereocenters. The predicted octanol–water partition coefficient (Wildman–Crippen LogP) is 4.63. The minimum Gasteiger partial charge on any atom is -0.478 e. The second kappa shape index (κ2) is 21.2. The molecule has 0 bridgehead atoms. The number of carboxylic acids is 1. The van der Waals surface area contributed by atoms with Gasteiger partial charge in [-0.15, -0.1) is 0 Å². The zero-order chi connectivity index (χ0) is 50.7. The Kier molecular flexibility index (Phi) is 14.8. The van der Waals surface area contributed by atoms with Gasteiger partial charge in [-0.1, -0.05) is 49.9 Å². The molecule has 8 aromatic rings. The lowest BCUT2D eigenvalue weighted by Gasteiger charge is -2.28. The molecule has 0 radical (unpaired) electrons. The number of aliphatic hydroxyl groups excluding tert-OH is 2. The number of aromatic nitrogens is 10. The number of benzene rings is 2. The van der Waals surface area contributed by atoms with E-state index < -0.39 is 35.2 Å². The first-order chi connectivity index (χ1) is 34.0. The van der Waals surface area contributed by atoms with Crippen molar-refractivity contribution in [2.45, 2.75) is 88.7 Å². The molecule has 2 aromatic carbocycles. The summed E-state index contributed by atoms with van der Waals surface area (Å²) in [5.41, 5.74) is 8.73. The minimum absolute atomic E-state index is 0.0549. The number of hydrogen-bond acceptors (Lipinski definition) is 11. The van der Waals surface area contributed by atoms with E-state index in [1.54, 1.807) is 90.9 Å². The Labute approximate surface area is 405 Å². The first-order valence-corrected chi connectivity index (χ1v) is 23.3. The van der Waals surface area contributed by atoms with Crippen LogP contribution in [0.1, 0.15) is 83.2 Å². The Bertz CT molecular complexity index is 3360. The fourth-order valence-corrected chi connectivity index (χ4v) is 8.98. The molecule has 6 aromatic heterocycles. The molecule has 2 fully saturated rings. The quantitative estimate of drug-likeness (QED) is 0.133. The number of amides is 1. The standard InChI is InChI=1S/C25H27FN6O3.C19H16FN5O3.C6H13NO/c1-30-14-27-22-17(24(34)28-20-5-3-4-6-21(20)33)13-32(25(35)23(22)30)12-16-8-7-15(11-18(16)26)19-9-10-31(2)29-19;1-23-10-21-16-13(19(27)28)9-25(18(26)17(16)23)8-12-4-3-11(7-14(12)20)15-5-6-24(2)22-15;7-5-3-1-2-4-6(5)8/h7-11,13-14,20-21,33H,3-6,12H2,1-2H3,(H,28,34);3-7,9-10H,8H2,1-2H3,(H,27,28);5-6,8H,1-4,7H2/t20-,21-;;5-,6-/m0.0/s1. The van der Waals surface area contributed by atoms with E-state index in [0.29, 0.717) is 40.9 Å². The molecule has 2 saturated carbocycles. The smallest absolute Gasteiger partial charge is 0.339 e. The van der Waals surface area contributed by atoms with Crippen molar-refractivity contribution in [2.75, 3.05) is 0 Å². The molecule has 2 aliphatic rings. The molecule has 6 N–H and O–H groups in total. The van der Waals surface area contributed by atoms with Crippen LogP contribution in [0.2, 0.25) is 0 Å². The van der Waals surface area contributed by atoms with Crippen LogP contribution in [0.3, 0.4) is 0 Å². The van der Waals surface area contributed by atoms with Crippen molar-refractivity contribution in [2.24, 2.45) is 33.9 Å². The van der Waals surface area contributed by atoms with Crippen molar-refractivity contribution in [1.29, 1.82) is 0 Å². The third-order valence-electron chi connectivity index (χ3n) is 13.0. The monoisotopic (exact) mass is 974 g/mol. The van der Waals surface area contributed by atoms with E-state index in [0.717, 1.165) is 32.1 Å². The van der Waals surface area contributed by atoms with Crippen molar-refractivity contribution < 1.29 is 33.7 Å². The lowest BCUT2D eigenvalue weighted by Crippen LogP contribution is -2.45. The third kappa shape index (κ3) is 10.9. The molecule has 4 atom stereocenters. The number of carbonyl (C=O) groups excluding carboxylic acids is 1. The predicted molar refractivity (Wildman–Crippen MR) is 260 cm³/mol. The summed E-state index contributed by atoms with van der Waals surface area (Å²) >= 11 is 0. The number of carbonyl (C=O) groups is 2. The van der Waals surface area contributed by atoms with Crippen molar-refractivity contribution in [3.05, 3.63) is 141 Å². The van der Waals surface area contributed by atoms with E-state index in [9.17, 15) is 33.8 Å². The van der Waals surface area contributed by atoms with E-state index in [2.05, 4.69) is 25.5 Å². The van der Waals surface area contributed by atoms with Crippen LogP contribution in [0.15, 0.2) is 95.6 Å². The topological polar surface area (TPSA) is 248 Å². The average Bonchev–Trinajstić information content (AvgIpc) is 4.16. The maximum atomic E-state index is 15.0. The van der Waals surface area contributed by atoms with Crippen LogP contribution in [0, 0.1) is 11.6 Å². The highest BCUT2D eigenvalue weighted by molar-refractivity contribution is 6.04. The zero-order valence-corrected chi connectivity index (χ0v) is 39.7. The SMILES string of the molecule is Cn1ccc(-c2ccc(Cn3cc(C(=O)N[C@H]4CCCC[C@@H]4O)c4ncn(C)c4c3=O)c(F)c2)n1.Cn1ccc(-c2ccc(Cn3cc(C(=O)O)c4ncn(C)c4c3=O)c(F)c2)n1.N[C@H]1CCCC[C@@H]1O. The number of nitrogens with one attached hydrogen (secondary N) is 1. The van der Waals surface area contributed by atoms with Gasteiger partial charge in [0.15, 0.2) is 0 Å².